The fourth-order valence-electron chi connectivity index (χ4n) is 5.19. The number of hydrogen-bond acceptors (Lipinski definition) is 13. The molecule has 0 spiro atoms. The Bertz CT molecular complexity index is 1800. The molecule has 21 heteroatoms. The second kappa shape index (κ2) is 14.9. The van der Waals surface area contributed by atoms with E-state index in [2.05, 4.69) is 25.1 Å². The summed E-state index contributed by atoms with van der Waals surface area (Å²) in [4.78, 5) is 68.5. The van der Waals surface area contributed by atoms with Crippen LogP contribution in [0.2, 0.25) is 0 Å². The summed E-state index contributed by atoms with van der Waals surface area (Å²) in [6.45, 7) is 5.13. The number of aliphatic hydroxyl groups is 1. The fraction of sp³-hybridized carbons (Fsp3) is 0.654. The van der Waals surface area contributed by atoms with E-state index < -0.39 is 98.2 Å². The van der Waals surface area contributed by atoms with Crippen molar-refractivity contribution in [3.8, 4) is 0 Å². The molecular formula is C26H37N8O12P. The Kier molecular flexibility index (Phi) is 11.4. The molecule has 8 atom stereocenters. The first kappa shape index (κ1) is 36.0. The van der Waals surface area contributed by atoms with Crippen molar-refractivity contribution in [2.24, 2.45) is 11.0 Å². The van der Waals surface area contributed by atoms with E-state index in [1.54, 1.807) is 13.8 Å². The van der Waals surface area contributed by atoms with Gasteiger partial charge in [-0.3, -0.25) is 42.5 Å². The molecule has 0 aromatic carbocycles. The number of azide groups is 1. The van der Waals surface area contributed by atoms with Crippen molar-refractivity contribution in [1.29, 1.82) is 0 Å². The Morgan fingerprint density at radius 1 is 1.09 bits per heavy atom. The molecule has 2 aromatic heterocycles. The van der Waals surface area contributed by atoms with Gasteiger partial charge in [0.1, 0.15) is 30.7 Å². The van der Waals surface area contributed by atoms with E-state index in [1.807, 2.05) is 0 Å². The molecule has 1 unspecified atom stereocenters. The summed E-state index contributed by atoms with van der Waals surface area (Å²) in [6, 6.07) is -2.12. The van der Waals surface area contributed by atoms with E-state index in [4.69, 9.17) is 23.3 Å². The molecule has 4 heterocycles. The van der Waals surface area contributed by atoms with Crippen LogP contribution >= 0.6 is 7.75 Å². The van der Waals surface area contributed by atoms with Gasteiger partial charge in [0, 0.05) is 41.3 Å². The van der Waals surface area contributed by atoms with Crippen LogP contribution in [0.4, 0.5) is 0 Å². The van der Waals surface area contributed by atoms with Gasteiger partial charge in [0.15, 0.2) is 0 Å². The number of carbonyl (C=O) groups excluding carboxylic acids is 1. The Balaban J connectivity index is 1.62. The van der Waals surface area contributed by atoms with Gasteiger partial charge < -0.3 is 19.3 Å². The zero-order valence-corrected chi connectivity index (χ0v) is 27.1. The number of H-pyrrole nitrogens is 2. The number of aromatic amines is 2. The van der Waals surface area contributed by atoms with E-state index in [0.717, 1.165) is 16.2 Å². The Labute approximate surface area is 266 Å². The summed E-state index contributed by atoms with van der Waals surface area (Å²) in [7, 11) is -3.43. The number of carbonyl (C=O) groups is 1. The number of nitrogens with one attached hydrogen (secondary N) is 3. The molecule has 0 amide bonds. The fourth-order valence-corrected chi connectivity index (χ4v) is 7.05. The first-order valence-electron chi connectivity index (χ1n) is 14.6. The lowest BCUT2D eigenvalue weighted by molar-refractivity contribution is -0.144. The highest BCUT2D eigenvalue weighted by molar-refractivity contribution is 7.51. The second-order valence-corrected chi connectivity index (χ2v) is 13.2. The van der Waals surface area contributed by atoms with E-state index in [-0.39, 0.29) is 24.0 Å². The van der Waals surface area contributed by atoms with Gasteiger partial charge in [0.05, 0.1) is 32.5 Å². The average molecular weight is 685 g/mol. The van der Waals surface area contributed by atoms with Crippen LogP contribution in [-0.2, 0) is 32.6 Å². The van der Waals surface area contributed by atoms with Crippen LogP contribution in [0.3, 0.4) is 0 Å². The maximum atomic E-state index is 14.4. The highest BCUT2D eigenvalue weighted by atomic mass is 31.2. The van der Waals surface area contributed by atoms with Gasteiger partial charge in [-0.25, -0.2) is 19.2 Å². The third-order valence-electron chi connectivity index (χ3n) is 7.78. The van der Waals surface area contributed by atoms with Crippen molar-refractivity contribution in [2.45, 2.75) is 83.4 Å². The van der Waals surface area contributed by atoms with Gasteiger partial charge in [0.2, 0.25) is 0 Å². The van der Waals surface area contributed by atoms with Crippen molar-refractivity contribution >= 4 is 13.7 Å². The van der Waals surface area contributed by atoms with Crippen LogP contribution in [0, 0.1) is 19.8 Å². The number of esters is 1. The summed E-state index contributed by atoms with van der Waals surface area (Å²) in [6.07, 6.45) is -2.95. The highest BCUT2D eigenvalue weighted by Crippen LogP contribution is 2.50. The summed E-state index contributed by atoms with van der Waals surface area (Å²) < 4.78 is 45.0. The molecule has 2 fully saturated rings. The van der Waals surface area contributed by atoms with Crippen LogP contribution in [0.15, 0.2) is 36.7 Å². The molecule has 0 aliphatic carbocycles. The molecule has 0 radical (unpaired) electrons. The topological polar surface area (TPSA) is 271 Å². The molecule has 258 valence electrons. The Morgan fingerprint density at radius 3 is 2.15 bits per heavy atom. The number of rotatable bonds is 13. The minimum absolute atomic E-state index is 0.00306. The van der Waals surface area contributed by atoms with Gasteiger partial charge in [-0.05, 0) is 25.3 Å². The van der Waals surface area contributed by atoms with Gasteiger partial charge >= 0.3 is 25.1 Å². The molecule has 2 aromatic rings. The third kappa shape index (κ3) is 8.17. The van der Waals surface area contributed by atoms with E-state index in [9.17, 15) is 39.2 Å². The van der Waals surface area contributed by atoms with Crippen molar-refractivity contribution < 1.29 is 37.7 Å². The number of methoxy groups -OCH3 is 1. The van der Waals surface area contributed by atoms with Gasteiger partial charge in [-0.15, -0.1) is 0 Å². The van der Waals surface area contributed by atoms with Crippen LogP contribution in [0.25, 0.3) is 10.4 Å². The molecule has 2 aliphatic heterocycles. The first-order valence-corrected chi connectivity index (χ1v) is 16.1. The minimum atomic E-state index is -4.57. The highest BCUT2D eigenvalue weighted by Gasteiger charge is 2.45. The molecule has 4 N–H and O–H groups in total. The quantitative estimate of drug-likeness (QED) is 0.0725. The first-order chi connectivity index (χ1) is 22.2. The number of nitrogens with zero attached hydrogens (tertiary/aromatic N) is 5. The zero-order chi connectivity index (χ0) is 34.6. The second-order valence-electron chi connectivity index (χ2n) is 11.5. The maximum Gasteiger partial charge on any atom is 0.406 e. The number of ether oxygens (including phenoxy) is 3. The molecule has 2 aliphatic rings. The third-order valence-corrected chi connectivity index (χ3v) is 9.41. The number of aryl methyl sites for hydroxylation is 2. The van der Waals surface area contributed by atoms with Crippen LogP contribution in [-0.4, -0.2) is 80.9 Å². The Hall–Kier alpha value is -3.87. The Morgan fingerprint density at radius 2 is 1.64 bits per heavy atom. The minimum Gasteiger partial charge on any atom is -0.468 e. The predicted octanol–water partition coefficient (Wildman–Crippen LogP) is 0.247. The van der Waals surface area contributed by atoms with Gasteiger partial charge in [-0.2, -0.15) is 0 Å². The normalized spacial score (nSPS) is 26.1. The van der Waals surface area contributed by atoms with Crippen LogP contribution in [0.5, 0.6) is 0 Å². The monoisotopic (exact) mass is 684 g/mol. The van der Waals surface area contributed by atoms with Crippen molar-refractivity contribution in [3.63, 3.8) is 0 Å². The number of aliphatic hydroxyl groups excluding tert-OH is 1. The van der Waals surface area contributed by atoms with Crippen molar-refractivity contribution in [1.82, 2.24) is 24.2 Å². The predicted molar refractivity (Wildman–Crippen MR) is 161 cm³/mol. The average Bonchev–Trinajstić information content (AvgIpc) is 3.61. The molecule has 0 saturated carbocycles. The lowest BCUT2D eigenvalue weighted by atomic mass is 10.1. The molecule has 0 bridgehead atoms. The molecular weight excluding hydrogens is 647 g/mol. The number of hydrogen-bond donors (Lipinski definition) is 4. The zero-order valence-electron chi connectivity index (χ0n) is 26.2. The maximum absolute atomic E-state index is 14.4. The van der Waals surface area contributed by atoms with Crippen molar-refractivity contribution in [3.05, 3.63) is 75.6 Å². The molecule has 47 heavy (non-hydrogen) atoms. The summed E-state index contributed by atoms with van der Waals surface area (Å²) >= 11 is 0. The lowest BCUT2D eigenvalue weighted by Crippen LogP contribution is -2.42. The number of aromatic nitrogens is 4. The van der Waals surface area contributed by atoms with Crippen LogP contribution in [0.1, 0.15) is 50.3 Å². The standard InChI is InChI=1S/C26H37N8O12P/c1-12(2)21(24(38)42-5)31-47(41,46-16-7-20(44-17(16)10-35)34-9-14(4)23(37)29-26(34)40)43-11-18-15(30-32-27)6-19(45-18)33-8-13(3)22(36)28-25(33)39/h8-9,12,15-21,35H,6-7,10-11H2,1-5H3,(H,31,41)(H,28,36,39)(H,29,37,40)/t15-,16-,17+,18+,19+,20+,21-,47?/m0/s1. The summed E-state index contributed by atoms with van der Waals surface area (Å²) in [5.74, 6) is -1.26. The summed E-state index contributed by atoms with van der Waals surface area (Å²) in [5, 5.41) is 16.4. The van der Waals surface area contributed by atoms with E-state index in [1.165, 1.54) is 26.2 Å². The van der Waals surface area contributed by atoms with Crippen LogP contribution < -0.4 is 27.6 Å². The van der Waals surface area contributed by atoms with Gasteiger partial charge in [-0.1, -0.05) is 19.0 Å². The molecule has 4 rings (SSSR count). The van der Waals surface area contributed by atoms with E-state index >= 15 is 0 Å². The van der Waals surface area contributed by atoms with Gasteiger partial charge in [0.25, 0.3) is 11.1 Å². The SMILES string of the molecule is COC(=O)[C@@H](NP(=O)(OC[C@H]1O[C@@H](n2cc(C)c(=O)[nH]c2=O)C[C@@H]1N=[N+]=[N-])O[C@H]1C[C@H](n2cc(C)c(=O)[nH]c2=O)O[C@@H]1CO)C(C)C. The van der Waals surface area contributed by atoms with E-state index in [0.29, 0.717) is 0 Å². The van der Waals surface area contributed by atoms with Crippen molar-refractivity contribution in [2.75, 3.05) is 20.3 Å². The lowest BCUT2D eigenvalue weighted by Gasteiger charge is -2.29. The summed E-state index contributed by atoms with van der Waals surface area (Å²) in [5.41, 5.74) is 6.91. The largest absolute Gasteiger partial charge is 0.468 e. The molecule has 20 nitrogen and oxygen atoms in total. The molecule has 2 saturated heterocycles. The smallest absolute Gasteiger partial charge is 0.406 e.